The molecular weight excluding hydrogens is 736 g/mol. The molecule has 4 aromatic carbocycles. The normalized spacial score (nSPS) is 13.5. The summed E-state index contributed by atoms with van der Waals surface area (Å²) in [6.07, 6.45) is 2.10. The quantitative estimate of drug-likeness (QED) is 0.0929. The third-order valence-electron chi connectivity index (χ3n) is 9.69. The van der Waals surface area contributed by atoms with Crippen molar-refractivity contribution in [1.82, 2.24) is 18.7 Å². The molecule has 0 amide bonds. The van der Waals surface area contributed by atoms with E-state index in [9.17, 15) is 23.4 Å². The van der Waals surface area contributed by atoms with Gasteiger partial charge in [-0.15, -0.1) is 11.8 Å². The number of benzene rings is 4. The van der Waals surface area contributed by atoms with Crippen LogP contribution in [0.2, 0.25) is 5.02 Å². The Kier molecular flexibility index (Phi) is 10.5. The third kappa shape index (κ3) is 7.24. The summed E-state index contributed by atoms with van der Waals surface area (Å²) >= 11 is 8.61. The van der Waals surface area contributed by atoms with Crippen molar-refractivity contribution in [2.24, 2.45) is 7.05 Å². The molecule has 0 bridgehead atoms. The van der Waals surface area contributed by atoms with E-state index in [2.05, 4.69) is 35.4 Å². The van der Waals surface area contributed by atoms with Gasteiger partial charge in [0.1, 0.15) is 17.2 Å². The first-order chi connectivity index (χ1) is 25.5. The average Bonchev–Trinajstić information content (AvgIpc) is 3.66. The van der Waals surface area contributed by atoms with Crippen LogP contribution in [0.15, 0.2) is 77.7 Å². The number of aliphatic hydroxyl groups excluding tert-OH is 1. The molecule has 14 heteroatoms. The maximum Gasteiger partial charge on any atom is 0.352 e. The number of thioether (sulfide) groups is 1. The highest BCUT2D eigenvalue weighted by Gasteiger charge is 2.32. The number of nitrogens with zero attached hydrogens (tertiary/aromatic N) is 4. The van der Waals surface area contributed by atoms with Gasteiger partial charge in [-0.05, 0) is 59.7 Å². The van der Waals surface area contributed by atoms with Crippen LogP contribution < -0.4 is 9.47 Å². The number of carboxylic acids is 1. The van der Waals surface area contributed by atoms with Crippen LogP contribution in [0.5, 0.6) is 11.5 Å². The molecule has 0 saturated carbocycles. The first-order valence-corrected chi connectivity index (χ1v) is 20.3. The zero-order chi connectivity index (χ0) is 37.4. The summed E-state index contributed by atoms with van der Waals surface area (Å²) < 4.78 is 41.4. The number of halogens is 1. The van der Waals surface area contributed by atoms with Crippen LogP contribution >= 0.6 is 23.4 Å². The number of sulfonamides is 1. The van der Waals surface area contributed by atoms with Crippen LogP contribution in [0.1, 0.15) is 39.4 Å². The maximum absolute atomic E-state index is 12.8. The summed E-state index contributed by atoms with van der Waals surface area (Å²) in [5.41, 5.74) is 4.45. The molecule has 0 atom stereocenters. The monoisotopic (exact) mass is 774 g/mol. The highest BCUT2D eigenvalue weighted by atomic mass is 35.5. The third-order valence-corrected chi connectivity index (χ3v) is 12.3. The Labute approximate surface area is 316 Å². The van der Waals surface area contributed by atoms with Gasteiger partial charge >= 0.3 is 5.97 Å². The number of ether oxygens (including phenoxy) is 2. The Morgan fingerprint density at radius 3 is 2.51 bits per heavy atom. The lowest BCUT2D eigenvalue weighted by molar-refractivity contribution is 0.0685. The van der Waals surface area contributed by atoms with Gasteiger partial charge in [0.15, 0.2) is 0 Å². The molecule has 2 N–H and O–H groups in total. The van der Waals surface area contributed by atoms with E-state index in [-0.39, 0.29) is 18.8 Å². The van der Waals surface area contributed by atoms with Crippen molar-refractivity contribution < 1.29 is 32.9 Å². The van der Waals surface area contributed by atoms with Gasteiger partial charge < -0.3 is 24.3 Å². The number of aliphatic hydroxyl groups is 1. The van der Waals surface area contributed by atoms with Crippen molar-refractivity contribution in [3.63, 3.8) is 0 Å². The van der Waals surface area contributed by atoms with Gasteiger partial charge in [0.25, 0.3) is 0 Å². The van der Waals surface area contributed by atoms with Crippen molar-refractivity contribution in [2.75, 3.05) is 26.5 Å². The van der Waals surface area contributed by atoms with Gasteiger partial charge in [0.05, 0.1) is 61.6 Å². The fraction of sp³-hybridized carbons (Fsp3) is 0.282. The van der Waals surface area contributed by atoms with Crippen LogP contribution in [0.4, 0.5) is 0 Å². The van der Waals surface area contributed by atoms with Crippen molar-refractivity contribution in [3.05, 3.63) is 106 Å². The number of fused-ring (bicyclic) bond motifs is 3. The number of aryl methyl sites for hydroxylation is 2. The second-order valence-electron chi connectivity index (χ2n) is 13.0. The van der Waals surface area contributed by atoms with Gasteiger partial charge in [-0.3, -0.25) is 4.68 Å². The molecule has 53 heavy (non-hydrogen) atoms. The molecular formula is C39H39ClN4O7S2. The summed E-state index contributed by atoms with van der Waals surface area (Å²) in [5.74, 6) is 1.28. The molecule has 7 rings (SSSR count). The van der Waals surface area contributed by atoms with E-state index in [1.807, 2.05) is 36.4 Å². The molecule has 0 spiro atoms. The van der Waals surface area contributed by atoms with E-state index in [0.29, 0.717) is 70.0 Å². The average molecular weight is 775 g/mol. The SMILES string of the molecule is COc1ccc(CSc2cc(OCCCc3c(C(=O)O)n(C)c4c(-c5c(CO)nn6c5CN(S(C)(=O)=O)CC6)c(Cl)ccc34)c3ccccc3c2)cc1. The number of carbonyl (C=O) groups is 1. The van der Waals surface area contributed by atoms with Crippen LogP contribution in [-0.2, 0) is 48.9 Å². The molecule has 0 fully saturated rings. The lowest BCUT2D eigenvalue weighted by atomic mass is 9.97. The van der Waals surface area contributed by atoms with Crippen LogP contribution in [0, 0.1) is 0 Å². The molecule has 6 aromatic rings. The number of aromatic nitrogens is 3. The Bertz CT molecular complexity index is 2460. The number of rotatable bonds is 13. The van der Waals surface area contributed by atoms with Crippen molar-refractivity contribution in [3.8, 4) is 22.6 Å². The Hall–Kier alpha value is -4.53. The molecule has 1 aliphatic heterocycles. The number of hydrogen-bond donors (Lipinski definition) is 2. The van der Waals surface area contributed by atoms with Gasteiger partial charge in [0.2, 0.25) is 10.0 Å². The van der Waals surface area contributed by atoms with E-state index in [1.165, 1.54) is 9.87 Å². The van der Waals surface area contributed by atoms with Crippen LogP contribution in [0.3, 0.4) is 0 Å². The van der Waals surface area contributed by atoms with Gasteiger partial charge in [-0.1, -0.05) is 54.1 Å². The van der Waals surface area contributed by atoms with Crippen molar-refractivity contribution >= 4 is 61.0 Å². The Morgan fingerprint density at radius 2 is 1.79 bits per heavy atom. The molecule has 0 saturated heterocycles. The van der Waals surface area contributed by atoms with Crippen LogP contribution in [0.25, 0.3) is 32.8 Å². The minimum Gasteiger partial charge on any atom is -0.497 e. The number of hydrogen-bond acceptors (Lipinski definition) is 8. The zero-order valence-corrected chi connectivity index (χ0v) is 31.9. The van der Waals surface area contributed by atoms with Gasteiger partial charge in [-0.25, -0.2) is 13.2 Å². The zero-order valence-electron chi connectivity index (χ0n) is 29.5. The number of methoxy groups -OCH3 is 1. The molecule has 276 valence electrons. The second-order valence-corrected chi connectivity index (χ2v) is 16.4. The first-order valence-electron chi connectivity index (χ1n) is 17.1. The highest BCUT2D eigenvalue weighted by molar-refractivity contribution is 7.98. The van der Waals surface area contributed by atoms with E-state index in [4.69, 9.17) is 21.1 Å². The smallest absolute Gasteiger partial charge is 0.352 e. The summed E-state index contributed by atoms with van der Waals surface area (Å²) in [5, 5.41) is 28.6. The maximum atomic E-state index is 12.8. The Morgan fingerprint density at radius 1 is 1.02 bits per heavy atom. The van der Waals surface area contributed by atoms with E-state index >= 15 is 0 Å². The van der Waals surface area contributed by atoms with E-state index in [0.717, 1.165) is 39.2 Å². The fourth-order valence-electron chi connectivity index (χ4n) is 7.17. The van der Waals surface area contributed by atoms with Crippen molar-refractivity contribution in [1.29, 1.82) is 0 Å². The molecule has 0 aliphatic carbocycles. The van der Waals surface area contributed by atoms with Crippen molar-refractivity contribution in [2.45, 2.75) is 43.2 Å². The topological polar surface area (TPSA) is 136 Å². The standard InChI is InChI=1S/C39H39ClN4O7S2/c1-42-37-30(14-15-31(40)35(37)36-32(22-45)41-44-17-16-43(21-33(36)44)53(3,48)49)29(38(42)39(46)47)9-6-18-51-34-20-27(19-25-7-4-5-8-28(25)34)52-23-24-10-12-26(50-2)13-11-24/h4-5,7-8,10-15,19-20,45H,6,9,16-18,21-23H2,1-3H3,(H,46,47). The molecule has 0 unspecified atom stereocenters. The molecule has 0 radical (unpaired) electrons. The number of aromatic carboxylic acids is 1. The second kappa shape index (κ2) is 15.1. The van der Waals surface area contributed by atoms with E-state index < -0.39 is 22.6 Å². The van der Waals surface area contributed by atoms with Gasteiger partial charge in [-0.2, -0.15) is 9.40 Å². The lowest BCUT2D eigenvalue weighted by Crippen LogP contribution is -2.37. The molecule has 1 aliphatic rings. The molecule has 3 heterocycles. The summed E-state index contributed by atoms with van der Waals surface area (Å²) in [7, 11) is -0.169. The Balaban J connectivity index is 1.18. The van der Waals surface area contributed by atoms with Gasteiger partial charge in [0, 0.05) is 46.1 Å². The largest absolute Gasteiger partial charge is 0.497 e. The lowest BCUT2D eigenvalue weighted by Gasteiger charge is -2.26. The van der Waals surface area contributed by atoms with E-state index in [1.54, 1.807) is 41.2 Å². The molecule has 11 nitrogen and oxygen atoms in total. The summed E-state index contributed by atoms with van der Waals surface area (Å²) in [6, 6.07) is 23.9. The fourth-order valence-corrected chi connectivity index (χ4v) is 9.11. The summed E-state index contributed by atoms with van der Waals surface area (Å²) in [4.78, 5) is 13.9. The number of carboxylic acid groups (broad SMARTS) is 1. The molecule has 2 aromatic heterocycles. The minimum atomic E-state index is -3.51. The highest BCUT2D eigenvalue weighted by Crippen LogP contribution is 2.43. The predicted molar refractivity (Wildman–Crippen MR) is 208 cm³/mol. The van der Waals surface area contributed by atoms with Crippen LogP contribution in [-0.4, -0.2) is 69.8 Å². The first kappa shape index (κ1) is 36.8. The summed E-state index contributed by atoms with van der Waals surface area (Å²) in [6.45, 7) is 0.542. The minimum absolute atomic E-state index is 0.0458. The predicted octanol–water partition coefficient (Wildman–Crippen LogP) is 7.13.